The van der Waals surface area contributed by atoms with Crippen molar-refractivity contribution in [3.8, 4) is 10.4 Å². The molecular weight excluding hydrogens is 522 g/mol. The number of carboxylic acid groups (broad SMARTS) is 1. The van der Waals surface area contributed by atoms with Crippen LogP contribution in [0.25, 0.3) is 10.4 Å². The van der Waals surface area contributed by atoms with Crippen LogP contribution in [0.1, 0.15) is 28.1 Å². The molecular formula is C24H27N3O6S3. The van der Waals surface area contributed by atoms with Gasteiger partial charge in [-0.3, -0.25) is 4.72 Å². The van der Waals surface area contributed by atoms with Crippen molar-refractivity contribution in [1.82, 2.24) is 4.31 Å². The van der Waals surface area contributed by atoms with E-state index in [2.05, 4.69) is 10.0 Å². The summed E-state index contributed by atoms with van der Waals surface area (Å²) in [5.74, 6) is -1.23. The van der Waals surface area contributed by atoms with Crippen molar-refractivity contribution in [2.45, 2.75) is 24.6 Å². The molecule has 1 aliphatic heterocycles. The highest BCUT2D eigenvalue weighted by Gasteiger charge is 2.29. The summed E-state index contributed by atoms with van der Waals surface area (Å²) in [7, 11) is -7.17. The molecule has 0 radical (unpaired) electrons. The number of para-hydroxylation sites is 1. The lowest BCUT2D eigenvalue weighted by molar-refractivity contribution is 0.0702. The van der Waals surface area contributed by atoms with Crippen LogP contribution in [-0.2, 0) is 25.8 Å². The van der Waals surface area contributed by atoms with Gasteiger partial charge in [-0.1, -0.05) is 30.3 Å². The van der Waals surface area contributed by atoms with Gasteiger partial charge in [0.15, 0.2) is 0 Å². The average Bonchev–Trinajstić information content (AvgIpc) is 3.31. The molecule has 2 aromatic carbocycles. The SMILES string of the molecule is CS(=O)(=O)Nc1ccccc1CS(=O)(=O)N1CCC(Nc2cccc(-c3ccc(C(=O)O)s3)c2)CC1. The number of hydrogen-bond acceptors (Lipinski definition) is 7. The van der Waals surface area contributed by atoms with Gasteiger partial charge in [-0.05, 0) is 54.3 Å². The summed E-state index contributed by atoms with van der Waals surface area (Å²) in [6, 6.07) is 17.7. The van der Waals surface area contributed by atoms with E-state index in [9.17, 15) is 21.6 Å². The molecule has 0 bridgehead atoms. The summed E-state index contributed by atoms with van der Waals surface area (Å²) in [5.41, 5.74) is 2.47. The van der Waals surface area contributed by atoms with Crippen LogP contribution in [0, 0.1) is 0 Å². The zero-order chi connectivity index (χ0) is 25.9. The number of aromatic carboxylic acids is 1. The first-order valence-corrected chi connectivity index (χ1v) is 15.6. The number of nitrogens with zero attached hydrogens (tertiary/aromatic N) is 1. The van der Waals surface area contributed by atoms with Crippen molar-refractivity contribution in [2.75, 3.05) is 29.4 Å². The fourth-order valence-corrected chi connectivity index (χ4v) is 7.15. The highest BCUT2D eigenvalue weighted by Crippen LogP contribution is 2.31. The lowest BCUT2D eigenvalue weighted by atomic mass is 10.1. The van der Waals surface area contributed by atoms with E-state index in [1.165, 1.54) is 15.6 Å². The molecule has 3 aromatic rings. The molecule has 3 N–H and O–H groups in total. The molecule has 0 unspecified atom stereocenters. The first-order valence-electron chi connectivity index (χ1n) is 11.2. The standard InChI is InChI=1S/C24H27N3O6S3/c1-35(30,31)26-21-8-3-2-5-18(21)16-36(32,33)27-13-11-19(12-14-27)25-20-7-4-6-17(15-20)22-9-10-23(34-22)24(28)29/h2-10,15,19,25-26H,11-14,16H2,1H3,(H,28,29). The van der Waals surface area contributed by atoms with E-state index in [1.807, 2.05) is 24.3 Å². The Labute approximate surface area is 214 Å². The molecule has 0 atom stereocenters. The van der Waals surface area contributed by atoms with Gasteiger partial charge in [0.05, 0.1) is 17.7 Å². The van der Waals surface area contributed by atoms with Crippen LogP contribution in [0.5, 0.6) is 0 Å². The van der Waals surface area contributed by atoms with Gasteiger partial charge in [-0.15, -0.1) is 11.3 Å². The van der Waals surface area contributed by atoms with Gasteiger partial charge in [0.25, 0.3) is 0 Å². The van der Waals surface area contributed by atoms with E-state index in [0.29, 0.717) is 31.5 Å². The molecule has 1 aliphatic rings. The summed E-state index contributed by atoms with van der Waals surface area (Å²) in [6.07, 6.45) is 2.27. The Morgan fingerprint density at radius 1 is 1.03 bits per heavy atom. The Morgan fingerprint density at radius 3 is 2.42 bits per heavy atom. The van der Waals surface area contributed by atoms with Crippen LogP contribution < -0.4 is 10.0 Å². The van der Waals surface area contributed by atoms with Crippen molar-refractivity contribution in [3.63, 3.8) is 0 Å². The minimum absolute atomic E-state index is 0.0869. The third-order valence-electron chi connectivity index (χ3n) is 5.83. The van der Waals surface area contributed by atoms with E-state index in [0.717, 1.165) is 22.4 Å². The van der Waals surface area contributed by atoms with E-state index in [4.69, 9.17) is 5.11 Å². The van der Waals surface area contributed by atoms with Crippen LogP contribution in [0.4, 0.5) is 11.4 Å². The fraction of sp³-hybridized carbons (Fsp3) is 0.292. The predicted molar refractivity (Wildman–Crippen MR) is 142 cm³/mol. The maximum atomic E-state index is 13.1. The first kappa shape index (κ1) is 26.1. The molecule has 0 spiro atoms. The Morgan fingerprint density at radius 2 is 1.75 bits per heavy atom. The molecule has 12 heteroatoms. The molecule has 1 fully saturated rings. The second-order valence-corrected chi connectivity index (χ2v) is 13.5. The molecule has 36 heavy (non-hydrogen) atoms. The lowest BCUT2D eigenvalue weighted by Gasteiger charge is -2.32. The quantitative estimate of drug-likeness (QED) is 0.369. The van der Waals surface area contributed by atoms with Crippen LogP contribution in [0.3, 0.4) is 0 Å². The summed E-state index contributed by atoms with van der Waals surface area (Å²) >= 11 is 1.22. The molecule has 1 aromatic heterocycles. The number of piperidine rings is 1. The van der Waals surface area contributed by atoms with Gasteiger partial charge >= 0.3 is 5.97 Å². The normalized spacial score (nSPS) is 15.5. The zero-order valence-corrected chi connectivity index (χ0v) is 22.0. The Balaban J connectivity index is 1.38. The van der Waals surface area contributed by atoms with Crippen LogP contribution in [0.2, 0.25) is 0 Å². The number of hydrogen-bond donors (Lipinski definition) is 3. The Hall–Kier alpha value is -2.93. The summed E-state index contributed by atoms with van der Waals surface area (Å²) < 4.78 is 53.3. The molecule has 0 aliphatic carbocycles. The Bertz CT molecular complexity index is 1460. The Kier molecular flexibility index (Phi) is 7.69. The van der Waals surface area contributed by atoms with Crippen molar-refractivity contribution in [1.29, 1.82) is 0 Å². The number of carbonyl (C=O) groups is 1. The van der Waals surface area contributed by atoms with Gasteiger partial charge in [0.1, 0.15) is 4.88 Å². The number of rotatable bonds is 9. The van der Waals surface area contributed by atoms with Gasteiger partial charge in [-0.25, -0.2) is 25.9 Å². The molecule has 0 saturated carbocycles. The summed E-state index contributed by atoms with van der Waals surface area (Å²) in [5, 5.41) is 12.6. The monoisotopic (exact) mass is 549 g/mol. The van der Waals surface area contributed by atoms with E-state index in [1.54, 1.807) is 36.4 Å². The molecule has 192 valence electrons. The number of sulfonamides is 2. The maximum Gasteiger partial charge on any atom is 0.345 e. The lowest BCUT2D eigenvalue weighted by Crippen LogP contribution is -2.42. The van der Waals surface area contributed by atoms with E-state index < -0.39 is 26.0 Å². The minimum atomic E-state index is -3.63. The van der Waals surface area contributed by atoms with Crippen molar-refractivity contribution in [2.24, 2.45) is 0 Å². The third-order valence-corrected chi connectivity index (χ3v) is 9.37. The second-order valence-electron chi connectivity index (χ2n) is 8.66. The topological polar surface area (TPSA) is 133 Å². The number of carboxylic acids is 1. The van der Waals surface area contributed by atoms with Crippen molar-refractivity contribution in [3.05, 3.63) is 71.1 Å². The predicted octanol–water partition coefficient (Wildman–Crippen LogP) is 3.89. The molecule has 2 heterocycles. The number of anilines is 2. The zero-order valence-electron chi connectivity index (χ0n) is 19.5. The summed E-state index contributed by atoms with van der Waals surface area (Å²) in [6.45, 7) is 0.711. The number of thiophene rings is 1. The first-order chi connectivity index (χ1) is 17.0. The molecule has 4 rings (SSSR count). The number of benzene rings is 2. The maximum absolute atomic E-state index is 13.1. The van der Waals surface area contributed by atoms with E-state index in [-0.39, 0.29) is 22.4 Å². The molecule has 1 saturated heterocycles. The second kappa shape index (κ2) is 10.6. The molecule has 0 amide bonds. The van der Waals surface area contributed by atoms with Crippen LogP contribution in [-0.4, -0.2) is 57.6 Å². The van der Waals surface area contributed by atoms with Gasteiger partial charge in [0, 0.05) is 29.7 Å². The van der Waals surface area contributed by atoms with Gasteiger partial charge in [-0.2, -0.15) is 0 Å². The third kappa shape index (κ3) is 6.64. The minimum Gasteiger partial charge on any atom is -0.477 e. The average molecular weight is 550 g/mol. The highest BCUT2D eigenvalue weighted by molar-refractivity contribution is 7.92. The van der Waals surface area contributed by atoms with E-state index >= 15 is 0 Å². The summed E-state index contributed by atoms with van der Waals surface area (Å²) in [4.78, 5) is 12.3. The van der Waals surface area contributed by atoms with Gasteiger partial charge < -0.3 is 10.4 Å². The van der Waals surface area contributed by atoms with Crippen molar-refractivity contribution >= 4 is 48.7 Å². The van der Waals surface area contributed by atoms with Crippen LogP contribution in [0.15, 0.2) is 60.7 Å². The van der Waals surface area contributed by atoms with Gasteiger partial charge in [0.2, 0.25) is 20.0 Å². The van der Waals surface area contributed by atoms with Crippen molar-refractivity contribution < 1.29 is 26.7 Å². The molecule has 9 nitrogen and oxygen atoms in total. The fourth-order valence-electron chi connectivity index (χ4n) is 4.12. The van der Waals surface area contributed by atoms with Crippen LogP contribution >= 0.6 is 11.3 Å². The largest absolute Gasteiger partial charge is 0.477 e. The highest BCUT2D eigenvalue weighted by atomic mass is 32.2. The smallest absolute Gasteiger partial charge is 0.345 e. The number of nitrogens with one attached hydrogen (secondary N) is 2.